The smallest absolute Gasteiger partial charge is 0.129 e. The molecular weight excluding hydrogens is 423 g/mol. The molecule has 0 aliphatic heterocycles. The average Bonchev–Trinajstić information content (AvgIpc) is 3.18. The zero-order chi connectivity index (χ0) is 21.5. The lowest BCUT2D eigenvalue weighted by Crippen LogP contribution is -2.25. The van der Waals surface area contributed by atoms with Gasteiger partial charge >= 0.3 is 0 Å². The molecule has 154 valence electrons. The first kappa shape index (κ1) is 20.9. The van der Waals surface area contributed by atoms with Gasteiger partial charge in [0.2, 0.25) is 0 Å². The summed E-state index contributed by atoms with van der Waals surface area (Å²) >= 11 is 7.66. The van der Waals surface area contributed by atoms with Crippen LogP contribution in [0.3, 0.4) is 0 Å². The fourth-order valence-electron chi connectivity index (χ4n) is 3.39. The van der Waals surface area contributed by atoms with Gasteiger partial charge in [0.15, 0.2) is 0 Å². The van der Waals surface area contributed by atoms with Gasteiger partial charge in [-0.2, -0.15) is 0 Å². The molecule has 0 aliphatic carbocycles. The summed E-state index contributed by atoms with van der Waals surface area (Å²) in [4.78, 5) is 5.23. The molecule has 0 bridgehead atoms. The molecule has 0 saturated carbocycles. The number of hydrogen-bond donors (Lipinski definition) is 3. The predicted molar refractivity (Wildman–Crippen MR) is 119 cm³/mol. The van der Waals surface area contributed by atoms with Crippen molar-refractivity contribution in [2.45, 2.75) is 18.6 Å². The first-order valence-corrected chi connectivity index (χ1v) is 10.5. The van der Waals surface area contributed by atoms with Crippen molar-refractivity contribution in [2.24, 2.45) is 5.73 Å². The Morgan fingerprint density at radius 1 is 1.20 bits per heavy atom. The van der Waals surface area contributed by atoms with Crippen molar-refractivity contribution in [2.75, 3.05) is 6.61 Å². The zero-order valence-corrected chi connectivity index (χ0v) is 17.7. The number of fused-ring (bicyclic) bond motifs is 1. The summed E-state index contributed by atoms with van der Waals surface area (Å²) in [6.07, 6.45) is 1.60. The summed E-state index contributed by atoms with van der Waals surface area (Å²) in [5.74, 6) is -0.437. The van der Waals surface area contributed by atoms with E-state index in [0.29, 0.717) is 16.3 Å². The number of rotatable bonds is 5. The van der Waals surface area contributed by atoms with Crippen molar-refractivity contribution in [3.05, 3.63) is 87.6 Å². The van der Waals surface area contributed by atoms with Gasteiger partial charge in [-0.05, 0) is 48.2 Å². The van der Waals surface area contributed by atoms with Crippen LogP contribution in [0.1, 0.15) is 29.0 Å². The number of aliphatic hydroxyl groups is 2. The van der Waals surface area contributed by atoms with Gasteiger partial charge < -0.3 is 15.9 Å². The van der Waals surface area contributed by atoms with Crippen LogP contribution in [0.4, 0.5) is 4.39 Å². The number of thiophene rings is 1. The van der Waals surface area contributed by atoms with Crippen molar-refractivity contribution in [3.8, 4) is 11.3 Å². The van der Waals surface area contributed by atoms with Gasteiger partial charge in [-0.3, -0.25) is 4.98 Å². The Morgan fingerprint density at radius 2 is 1.97 bits per heavy atom. The number of aliphatic hydroxyl groups excluding tert-OH is 1. The van der Waals surface area contributed by atoms with Crippen molar-refractivity contribution in [3.63, 3.8) is 0 Å². The van der Waals surface area contributed by atoms with E-state index in [9.17, 15) is 14.6 Å². The Hall–Kier alpha value is -2.35. The largest absolute Gasteiger partial charge is 0.393 e. The van der Waals surface area contributed by atoms with E-state index >= 15 is 0 Å². The molecule has 2 aromatic carbocycles. The summed E-state index contributed by atoms with van der Waals surface area (Å²) in [5.41, 5.74) is 7.38. The van der Waals surface area contributed by atoms with Gasteiger partial charge in [-0.25, -0.2) is 4.39 Å². The summed E-state index contributed by atoms with van der Waals surface area (Å²) in [7, 11) is 0. The van der Waals surface area contributed by atoms with E-state index in [-0.39, 0.29) is 5.56 Å². The number of hydrogen-bond acceptors (Lipinski definition) is 5. The van der Waals surface area contributed by atoms with Crippen LogP contribution in [0.5, 0.6) is 0 Å². The van der Waals surface area contributed by atoms with Gasteiger partial charge in [-0.1, -0.05) is 35.9 Å². The van der Waals surface area contributed by atoms with Gasteiger partial charge in [0.25, 0.3) is 0 Å². The number of nitrogens with zero attached hydrogens (tertiary/aromatic N) is 1. The van der Waals surface area contributed by atoms with E-state index in [1.54, 1.807) is 37.4 Å². The Kier molecular flexibility index (Phi) is 5.61. The van der Waals surface area contributed by atoms with Crippen LogP contribution < -0.4 is 5.73 Å². The molecule has 0 spiro atoms. The highest BCUT2D eigenvalue weighted by Crippen LogP contribution is 2.39. The maximum Gasteiger partial charge on any atom is 0.129 e. The van der Waals surface area contributed by atoms with Crippen molar-refractivity contribution in [1.82, 2.24) is 4.98 Å². The molecule has 30 heavy (non-hydrogen) atoms. The van der Waals surface area contributed by atoms with Crippen LogP contribution in [-0.4, -0.2) is 21.8 Å². The number of benzene rings is 2. The highest BCUT2D eigenvalue weighted by Gasteiger charge is 2.24. The van der Waals surface area contributed by atoms with Crippen LogP contribution in [0.2, 0.25) is 5.02 Å². The van der Waals surface area contributed by atoms with Crippen LogP contribution >= 0.6 is 22.9 Å². The molecule has 7 heteroatoms. The lowest BCUT2D eigenvalue weighted by molar-refractivity contribution is -0.00230. The lowest BCUT2D eigenvalue weighted by Gasteiger charge is -2.21. The summed E-state index contributed by atoms with van der Waals surface area (Å²) in [6, 6.07) is 15.0. The molecule has 2 atom stereocenters. The minimum Gasteiger partial charge on any atom is -0.393 e. The zero-order valence-electron chi connectivity index (χ0n) is 16.1. The first-order chi connectivity index (χ1) is 14.3. The highest BCUT2D eigenvalue weighted by molar-refractivity contribution is 7.19. The molecule has 0 radical (unpaired) electrons. The Morgan fingerprint density at radius 3 is 2.70 bits per heavy atom. The monoisotopic (exact) mass is 442 g/mol. The van der Waals surface area contributed by atoms with Crippen LogP contribution in [-0.2, 0) is 5.60 Å². The van der Waals surface area contributed by atoms with Gasteiger partial charge in [0.1, 0.15) is 11.4 Å². The Bertz CT molecular complexity index is 1200. The third-order valence-corrected chi connectivity index (χ3v) is 6.74. The Labute approximate surface area is 182 Å². The third-order valence-electron chi connectivity index (χ3n) is 5.15. The number of nitrogens with two attached hydrogens (primary N) is 1. The summed E-state index contributed by atoms with van der Waals surface area (Å²) in [6.45, 7) is 1.15. The fraction of sp³-hybridized carbons (Fsp3) is 0.174. The second-order valence-corrected chi connectivity index (χ2v) is 8.84. The third kappa shape index (κ3) is 3.73. The molecule has 0 aliphatic rings. The van der Waals surface area contributed by atoms with E-state index in [4.69, 9.17) is 17.3 Å². The second-order valence-electron chi connectivity index (χ2n) is 7.35. The molecule has 2 heterocycles. The fourth-order valence-corrected chi connectivity index (χ4v) is 4.87. The second kappa shape index (κ2) is 8.06. The van der Waals surface area contributed by atoms with E-state index in [1.165, 1.54) is 17.4 Å². The highest BCUT2D eigenvalue weighted by atomic mass is 35.5. The van der Waals surface area contributed by atoms with E-state index in [0.717, 1.165) is 20.5 Å². The SMILES string of the molecule is CC(O)(CO)c1ccnc(-c2cccc3cc(C(N)c4c(F)cccc4Cl)sc23)c1. The summed E-state index contributed by atoms with van der Waals surface area (Å²) < 4.78 is 15.3. The molecule has 2 aromatic heterocycles. The van der Waals surface area contributed by atoms with Crippen molar-refractivity contribution in [1.29, 1.82) is 0 Å². The van der Waals surface area contributed by atoms with E-state index < -0.39 is 24.1 Å². The average molecular weight is 443 g/mol. The number of halogens is 2. The number of pyridine rings is 1. The molecule has 4 rings (SSSR count). The molecule has 2 unspecified atom stereocenters. The predicted octanol–water partition coefficient (Wildman–Crippen LogP) is 5.00. The molecule has 4 aromatic rings. The molecule has 0 fully saturated rings. The first-order valence-electron chi connectivity index (χ1n) is 9.34. The molecule has 0 amide bonds. The maximum atomic E-state index is 14.4. The molecule has 4 N–H and O–H groups in total. The Balaban J connectivity index is 1.82. The van der Waals surface area contributed by atoms with E-state index in [2.05, 4.69) is 4.98 Å². The maximum absolute atomic E-state index is 14.4. The topological polar surface area (TPSA) is 79.4 Å². The molecule has 4 nitrogen and oxygen atoms in total. The minimum atomic E-state index is -1.36. The van der Waals surface area contributed by atoms with E-state index in [1.807, 2.05) is 24.3 Å². The van der Waals surface area contributed by atoms with Gasteiger partial charge in [-0.15, -0.1) is 11.3 Å². The van der Waals surface area contributed by atoms with Gasteiger partial charge in [0.05, 0.1) is 18.3 Å². The van der Waals surface area contributed by atoms with Crippen LogP contribution in [0.25, 0.3) is 21.3 Å². The quantitative estimate of drug-likeness (QED) is 0.406. The van der Waals surface area contributed by atoms with Crippen LogP contribution in [0, 0.1) is 5.82 Å². The summed E-state index contributed by atoms with van der Waals surface area (Å²) in [5, 5.41) is 21.1. The van der Waals surface area contributed by atoms with Crippen molar-refractivity contribution < 1.29 is 14.6 Å². The van der Waals surface area contributed by atoms with Crippen molar-refractivity contribution >= 4 is 33.0 Å². The normalized spacial score (nSPS) is 14.6. The standard InChI is InChI=1S/C23H20ClFN2O2S/c1-23(29,12-28)14-8-9-27-18(11-14)15-5-2-4-13-10-19(30-22(13)15)21(26)20-16(24)6-3-7-17(20)25/h2-11,21,28-29H,12,26H2,1H3. The van der Waals surface area contributed by atoms with Gasteiger partial charge in [0, 0.05) is 31.9 Å². The minimum absolute atomic E-state index is 0.270. The lowest BCUT2D eigenvalue weighted by atomic mass is 9.96. The molecule has 0 saturated heterocycles. The van der Waals surface area contributed by atoms with Crippen LogP contribution in [0.15, 0.2) is 60.8 Å². The number of aromatic nitrogens is 1. The molecular formula is C23H20ClFN2O2S.